The molecule has 0 spiro atoms. The van der Waals surface area contributed by atoms with Crippen LogP contribution in [-0.4, -0.2) is 32.1 Å². The van der Waals surface area contributed by atoms with Crippen molar-refractivity contribution in [2.75, 3.05) is 0 Å². The van der Waals surface area contributed by atoms with Crippen molar-refractivity contribution in [3.05, 3.63) is 106 Å². The van der Waals surface area contributed by atoms with Crippen molar-refractivity contribution < 1.29 is 36.3 Å². The molecule has 2 aromatic heterocycles. The number of carbonyl (C=O) groups is 3. The quantitative estimate of drug-likeness (QED) is 0.141. The van der Waals surface area contributed by atoms with E-state index >= 15 is 0 Å². The summed E-state index contributed by atoms with van der Waals surface area (Å²) in [4.78, 5) is 42.9. The molecular formula is C33H26F5N3O3. The molecule has 226 valence electrons. The van der Waals surface area contributed by atoms with Crippen LogP contribution >= 0.6 is 0 Å². The van der Waals surface area contributed by atoms with Gasteiger partial charge in [0.15, 0.2) is 17.3 Å². The highest BCUT2D eigenvalue weighted by atomic mass is 19.3. The minimum absolute atomic E-state index is 0.0204. The van der Waals surface area contributed by atoms with Gasteiger partial charge in [0.2, 0.25) is 0 Å². The Bertz CT molecular complexity index is 1790. The molecule has 2 bridgehead atoms. The van der Waals surface area contributed by atoms with E-state index in [0.29, 0.717) is 35.4 Å². The Hall–Kier alpha value is -4.54. The van der Waals surface area contributed by atoms with Crippen LogP contribution in [0.1, 0.15) is 87.8 Å². The fourth-order valence-electron chi connectivity index (χ4n) is 6.43. The molecule has 1 atom stereocenters. The third-order valence-corrected chi connectivity index (χ3v) is 8.45. The van der Waals surface area contributed by atoms with Gasteiger partial charge in [0.05, 0.1) is 29.1 Å². The zero-order chi connectivity index (χ0) is 31.3. The van der Waals surface area contributed by atoms with Crippen molar-refractivity contribution in [2.24, 2.45) is 5.92 Å². The van der Waals surface area contributed by atoms with Crippen molar-refractivity contribution in [2.45, 2.75) is 57.4 Å². The Morgan fingerprint density at radius 1 is 0.977 bits per heavy atom. The van der Waals surface area contributed by atoms with Crippen LogP contribution in [0.3, 0.4) is 0 Å². The van der Waals surface area contributed by atoms with E-state index in [2.05, 4.69) is 10.1 Å². The van der Waals surface area contributed by atoms with Crippen LogP contribution in [0.5, 0.6) is 0 Å². The number of benzene rings is 2. The van der Waals surface area contributed by atoms with Crippen LogP contribution in [0, 0.1) is 23.4 Å². The predicted octanol–water partition coefficient (Wildman–Crippen LogP) is 7.18. The van der Waals surface area contributed by atoms with E-state index in [-0.39, 0.29) is 53.7 Å². The lowest BCUT2D eigenvalue weighted by Gasteiger charge is -2.40. The second kappa shape index (κ2) is 11.5. The molecular weight excluding hydrogens is 581 g/mol. The number of ketones is 3. The van der Waals surface area contributed by atoms with Gasteiger partial charge in [0, 0.05) is 42.0 Å². The van der Waals surface area contributed by atoms with Gasteiger partial charge in [0.1, 0.15) is 23.1 Å². The molecule has 2 aromatic carbocycles. The molecule has 3 aliphatic rings. The Morgan fingerprint density at radius 3 is 2.39 bits per heavy atom. The highest BCUT2D eigenvalue weighted by Gasteiger charge is 2.48. The van der Waals surface area contributed by atoms with Gasteiger partial charge in [-0.15, -0.1) is 0 Å². The van der Waals surface area contributed by atoms with Crippen LogP contribution in [0.15, 0.2) is 54.7 Å². The molecule has 6 nitrogen and oxygen atoms in total. The number of alkyl halides is 2. The maximum absolute atomic E-state index is 14.3. The molecule has 0 aliphatic heterocycles. The molecule has 2 heterocycles. The average molecular weight is 608 g/mol. The molecule has 0 radical (unpaired) electrons. The summed E-state index contributed by atoms with van der Waals surface area (Å²) in [6.45, 7) is 0.849. The van der Waals surface area contributed by atoms with E-state index in [1.165, 1.54) is 29.9 Å². The number of pyridine rings is 1. The first kappa shape index (κ1) is 29.5. The van der Waals surface area contributed by atoms with E-state index < -0.39 is 47.1 Å². The van der Waals surface area contributed by atoms with Gasteiger partial charge in [-0.2, -0.15) is 5.10 Å². The smallest absolute Gasteiger partial charge is 0.282 e. The first-order chi connectivity index (χ1) is 21.0. The molecule has 1 saturated carbocycles. The van der Waals surface area contributed by atoms with Crippen molar-refractivity contribution in [1.82, 2.24) is 14.8 Å². The normalized spacial score (nSPS) is 17.8. The standard InChI is InChI=1S/C33H26F5N3O3/c1-16(42)26-13-18(4-5-27(26)36)25-3-2-6-39-29(25)19(7-17-8-22(34)14-23(35)9-17)12-24(43)15-41-31-20-10-21(11-20)32(44)28(31)30(40-41)33(37)38/h2-6,8-9,13-14,19-21,33H,7,10-12,15H2,1H3. The van der Waals surface area contributed by atoms with Gasteiger partial charge in [-0.05, 0) is 67.6 Å². The zero-order valence-electron chi connectivity index (χ0n) is 23.5. The fourth-order valence-corrected chi connectivity index (χ4v) is 6.43. The molecule has 11 heteroatoms. The van der Waals surface area contributed by atoms with Crippen LogP contribution in [0.25, 0.3) is 11.1 Å². The first-order valence-electron chi connectivity index (χ1n) is 14.2. The van der Waals surface area contributed by atoms with Crippen LogP contribution < -0.4 is 0 Å². The lowest BCUT2D eigenvalue weighted by atomic mass is 9.63. The topological polar surface area (TPSA) is 81.9 Å². The van der Waals surface area contributed by atoms with Crippen molar-refractivity contribution in [1.29, 1.82) is 0 Å². The zero-order valence-corrected chi connectivity index (χ0v) is 23.5. The maximum atomic E-state index is 14.3. The van der Waals surface area contributed by atoms with Crippen LogP contribution in [0.2, 0.25) is 0 Å². The van der Waals surface area contributed by atoms with Crippen molar-refractivity contribution in [3.63, 3.8) is 0 Å². The number of nitrogens with zero attached hydrogens (tertiary/aromatic N) is 3. The summed E-state index contributed by atoms with van der Waals surface area (Å²) in [5, 5.41) is 3.99. The third kappa shape index (κ3) is 5.46. The minimum atomic E-state index is -2.98. The number of hydrogen-bond acceptors (Lipinski definition) is 5. The SMILES string of the molecule is CC(=O)c1cc(-c2cccnc2C(CC(=O)Cn2nc(C(F)F)c3c2C2CC(C2)C3=O)Cc2cc(F)cc(F)c2)ccc1F. The monoisotopic (exact) mass is 607 g/mol. The average Bonchev–Trinajstić information content (AvgIpc) is 3.32. The molecule has 0 N–H and O–H groups in total. The van der Waals surface area contributed by atoms with Crippen molar-refractivity contribution in [3.8, 4) is 11.1 Å². The molecule has 4 aromatic rings. The van der Waals surface area contributed by atoms with Crippen LogP contribution in [0.4, 0.5) is 22.0 Å². The number of halogens is 5. The second-order valence-electron chi connectivity index (χ2n) is 11.4. The fraction of sp³-hybridized carbons (Fsp3) is 0.303. The number of hydrogen-bond donors (Lipinski definition) is 0. The van der Waals surface area contributed by atoms with E-state index in [9.17, 15) is 36.3 Å². The molecule has 1 unspecified atom stereocenters. The molecule has 3 aliphatic carbocycles. The molecule has 44 heavy (non-hydrogen) atoms. The van der Waals surface area contributed by atoms with E-state index in [0.717, 1.165) is 24.3 Å². The third-order valence-electron chi connectivity index (χ3n) is 8.45. The summed E-state index contributed by atoms with van der Waals surface area (Å²) in [6.07, 6.45) is -0.687. The Morgan fingerprint density at radius 2 is 1.70 bits per heavy atom. The summed E-state index contributed by atoms with van der Waals surface area (Å²) in [6, 6.07) is 10.3. The van der Waals surface area contributed by atoms with E-state index in [1.54, 1.807) is 12.1 Å². The summed E-state index contributed by atoms with van der Waals surface area (Å²) in [5.41, 5.74) is 1.05. The van der Waals surface area contributed by atoms with Gasteiger partial charge in [-0.3, -0.25) is 24.0 Å². The van der Waals surface area contributed by atoms with Crippen LogP contribution in [-0.2, 0) is 17.8 Å². The van der Waals surface area contributed by atoms with Gasteiger partial charge in [-0.25, -0.2) is 22.0 Å². The second-order valence-corrected chi connectivity index (χ2v) is 11.4. The molecule has 7 rings (SSSR count). The van der Waals surface area contributed by atoms with Crippen molar-refractivity contribution >= 4 is 17.3 Å². The summed E-state index contributed by atoms with van der Waals surface area (Å²) >= 11 is 0. The lowest BCUT2D eigenvalue weighted by Crippen LogP contribution is -2.37. The first-order valence-corrected chi connectivity index (χ1v) is 14.2. The summed E-state index contributed by atoms with van der Waals surface area (Å²) < 4.78 is 71.5. The number of carbonyl (C=O) groups excluding carboxylic acids is 3. The Balaban J connectivity index is 1.37. The lowest BCUT2D eigenvalue weighted by molar-refractivity contribution is -0.120. The predicted molar refractivity (Wildman–Crippen MR) is 149 cm³/mol. The van der Waals surface area contributed by atoms with Gasteiger partial charge < -0.3 is 0 Å². The van der Waals surface area contributed by atoms with Gasteiger partial charge in [-0.1, -0.05) is 12.1 Å². The largest absolute Gasteiger partial charge is 0.298 e. The molecule has 0 amide bonds. The van der Waals surface area contributed by atoms with E-state index in [4.69, 9.17) is 0 Å². The molecule has 1 fully saturated rings. The highest BCUT2D eigenvalue weighted by molar-refractivity contribution is 6.03. The van der Waals surface area contributed by atoms with Gasteiger partial charge in [0.25, 0.3) is 6.43 Å². The number of Topliss-reactive ketones (excluding diaryl/α,β-unsaturated/α-hetero) is 3. The maximum Gasteiger partial charge on any atom is 0.282 e. The highest BCUT2D eigenvalue weighted by Crippen LogP contribution is 2.51. The summed E-state index contributed by atoms with van der Waals surface area (Å²) in [5.74, 6) is -4.79. The number of aromatic nitrogens is 3. The number of rotatable bonds is 10. The Labute approximate surface area is 248 Å². The van der Waals surface area contributed by atoms with Gasteiger partial charge >= 0.3 is 0 Å². The Kier molecular flexibility index (Phi) is 7.73. The minimum Gasteiger partial charge on any atom is -0.298 e. The molecule has 0 saturated heterocycles. The van der Waals surface area contributed by atoms with E-state index in [1.807, 2.05) is 0 Å². The summed E-state index contributed by atoms with van der Waals surface area (Å²) in [7, 11) is 0.